The molecule has 0 saturated carbocycles. The Labute approximate surface area is 117 Å². The number of benzene rings is 1. The summed E-state index contributed by atoms with van der Waals surface area (Å²) < 4.78 is 1.97. The molecule has 0 amide bonds. The summed E-state index contributed by atoms with van der Waals surface area (Å²) in [4.78, 5) is 4.39. The largest absolute Gasteiger partial charge is 0.324 e. The Bertz CT molecular complexity index is 733. The van der Waals surface area contributed by atoms with Gasteiger partial charge in [0.25, 0.3) is 5.78 Å². The summed E-state index contributed by atoms with van der Waals surface area (Å²) in [7, 11) is 0. The molecule has 2 aromatic heterocycles. The maximum atomic E-state index is 6.26. The molecule has 2 N–H and O–H groups in total. The van der Waals surface area contributed by atoms with Crippen LogP contribution in [0.1, 0.15) is 28.8 Å². The van der Waals surface area contributed by atoms with E-state index >= 15 is 0 Å². The van der Waals surface area contributed by atoms with Gasteiger partial charge in [-0.3, -0.25) is 4.40 Å². The molecular weight excluding hydrogens is 250 g/mol. The molecule has 3 aromatic rings. The van der Waals surface area contributed by atoms with Gasteiger partial charge in [-0.2, -0.15) is 0 Å². The van der Waals surface area contributed by atoms with E-state index in [0.717, 1.165) is 22.8 Å². The second-order valence-electron chi connectivity index (χ2n) is 5.01. The number of hydrogen-bond donors (Lipinski definition) is 1. The average molecular weight is 267 g/mol. The Morgan fingerprint density at radius 3 is 2.65 bits per heavy atom. The van der Waals surface area contributed by atoms with E-state index < -0.39 is 0 Å². The second kappa shape index (κ2) is 5.02. The zero-order valence-electron chi connectivity index (χ0n) is 11.6. The van der Waals surface area contributed by atoms with Crippen LogP contribution in [-0.4, -0.2) is 19.6 Å². The molecule has 5 nitrogen and oxygen atoms in total. The van der Waals surface area contributed by atoms with E-state index in [4.69, 9.17) is 5.73 Å². The van der Waals surface area contributed by atoms with Crippen LogP contribution in [0.25, 0.3) is 5.78 Å². The first-order chi connectivity index (χ1) is 9.65. The molecule has 0 spiro atoms. The summed E-state index contributed by atoms with van der Waals surface area (Å²) in [6, 6.07) is 12.0. The van der Waals surface area contributed by atoms with E-state index in [1.165, 1.54) is 0 Å². The molecule has 0 saturated heterocycles. The minimum Gasteiger partial charge on any atom is -0.324 e. The van der Waals surface area contributed by atoms with Crippen molar-refractivity contribution < 1.29 is 0 Å². The van der Waals surface area contributed by atoms with Crippen molar-refractivity contribution in [1.29, 1.82) is 0 Å². The van der Waals surface area contributed by atoms with Crippen LogP contribution in [0, 0.1) is 13.8 Å². The molecule has 5 heteroatoms. The number of aromatic nitrogens is 4. The van der Waals surface area contributed by atoms with Crippen molar-refractivity contribution in [1.82, 2.24) is 19.6 Å². The summed E-state index contributed by atoms with van der Waals surface area (Å²) in [5.41, 5.74) is 9.38. The van der Waals surface area contributed by atoms with Gasteiger partial charge < -0.3 is 5.73 Å². The van der Waals surface area contributed by atoms with Crippen LogP contribution in [0.5, 0.6) is 0 Å². The van der Waals surface area contributed by atoms with E-state index in [1.54, 1.807) is 0 Å². The van der Waals surface area contributed by atoms with Crippen LogP contribution in [-0.2, 0) is 6.42 Å². The molecular formula is C15H17N5. The van der Waals surface area contributed by atoms with Gasteiger partial charge in [-0.05, 0) is 25.5 Å². The molecule has 0 aliphatic rings. The summed E-state index contributed by atoms with van der Waals surface area (Å²) in [5.74, 6) is 1.49. The van der Waals surface area contributed by atoms with Crippen molar-refractivity contribution in [2.75, 3.05) is 0 Å². The minimum atomic E-state index is -0.0932. The Morgan fingerprint density at radius 2 is 1.90 bits per heavy atom. The van der Waals surface area contributed by atoms with Crippen molar-refractivity contribution in [3.8, 4) is 0 Å². The van der Waals surface area contributed by atoms with Crippen LogP contribution in [0.15, 0.2) is 36.4 Å². The van der Waals surface area contributed by atoms with Crippen molar-refractivity contribution in [2.45, 2.75) is 26.3 Å². The number of nitrogens with zero attached hydrogens (tertiary/aromatic N) is 4. The standard InChI is InChI=1S/C15H17N5/c1-10-8-11(2)20-14(18-19-15(20)17-10)9-13(16)12-6-4-3-5-7-12/h3-8,13H,9,16H2,1-2H3. The van der Waals surface area contributed by atoms with E-state index in [-0.39, 0.29) is 6.04 Å². The topological polar surface area (TPSA) is 69.1 Å². The Hall–Kier alpha value is -2.27. The lowest BCUT2D eigenvalue weighted by Gasteiger charge is -2.11. The lowest BCUT2D eigenvalue weighted by Crippen LogP contribution is -2.15. The van der Waals surface area contributed by atoms with Gasteiger partial charge >= 0.3 is 0 Å². The number of nitrogens with two attached hydrogens (primary N) is 1. The van der Waals surface area contributed by atoms with Crippen molar-refractivity contribution in [2.24, 2.45) is 5.73 Å². The Kier molecular flexibility index (Phi) is 3.20. The normalized spacial score (nSPS) is 12.8. The molecule has 2 heterocycles. The highest BCUT2D eigenvalue weighted by Gasteiger charge is 2.14. The maximum absolute atomic E-state index is 6.26. The number of hydrogen-bond acceptors (Lipinski definition) is 4. The zero-order valence-corrected chi connectivity index (χ0v) is 11.6. The lowest BCUT2D eigenvalue weighted by atomic mass is 10.0. The molecule has 0 aliphatic heterocycles. The van der Waals surface area contributed by atoms with E-state index in [9.17, 15) is 0 Å². The Morgan fingerprint density at radius 1 is 1.15 bits per heavy atom. The summed E-state index contributed by atoms with van der Waals surface area (Å²) in [6.07, 6.45) is 0.636. The number of aryl methyl sites for hydroxylation is 2. The van der Waals surface area contributed by atoms with Gasteiger partial charge in [0.15, 0.2) is 0 Å². The van der Waals surface area contributed by atoms with Gasteiger partial charge in [-0.25, -0.2) is 4.98 Å². The van der Waals surface area contributed by atoms with Gasteiger partial charge in [-0.15, -0.1) is 10.2 Å². The quantitative estimate of drug-likeness (QED) is 0.788. The van der Waals surface area contributed by atoms with Gasteiger partial charge in [0.1, 0.15) is 5.82 Å². The molecule has 20 heavy (non-hydrogen) atoms. The van der Waals surface area contributed by atoms with E-state index in [0.29, 0.717) is 12.2 Å². The summed E-state index contributed by atoms with van der Waals surface area (Å²) in [5, 5.41) is 8.37. The summed E-state index contributed by atoms with van der Waals surface area (Å²) in [6.45, 7) is 3.99. The SMILES string of the molecule is Cc1cc(C)n2c(CC(N)c3ccccc3)nnc2n1. The fraction of sp³-hybridized carbons (Fsp3) is 0.267. The molecule has 0 bridgehead atoms. The van der Waals surface area contributed by atoms with Gasteiger partial charge in [-0.1, -0.05) is 30.3 Å². The van der Waals surface area contributed by atoms with Gasteiger partial charge in [0, 0.05) is 23.9 Å². The third-order valence-corrected chi connectivity index (χ3v) is 3.39. The highest BCUT2D eigenvalue weighted by molar-refractivity contribution is 5.33. The van der Waals surface area contributed by atoms with Crippen molar-refractivity contribution in [3.05, 3.63) is 59.2 Å². The van der Waals surface area contributed by atoms with Crippen LogP contribution in [0.2, 0.25) is 0 Å². The molecule has 1 aromatic carbocycles. The van der Waals surface area contributed by atoms with Gasteiger partial charge in [0.05, 0.1) is 0 Å². The highest BCUT2D eigenvalue weighted by Crippen LogP contribution is 2.16. The first-order valence-electron chi connectivity index (χ1n) is 6.64. The number of fused-ring (bicyclic) bond motifs is 1. The van der Waals surface area contributed by atoms with Crippen LogP contribution in [0.4, 0.5) is 0 Å². The van der Waals surface area contributed by atoms with Crippen LogP contribution >= 0.6 is 0 Å². The van der Waals surface area contributed by atoms with E-state index in [1.807, 2.05) is 54.6 Å². The van der Waals surface area contributed by atoms with E-state index in [2.05, 4.69) is 15.2 Å². The predicted octanol–water partition coefficient (Wildman–Crippen LogP) is 1.98. The molecule has 0 aliphatic carbocycles. The molecule has 102 valence electrons. The fourth-order valence-electron chi connectivity index (χ4n) is 2.44. The Balaban J connectivity index is 1.96. The third-order valence-electron chi connectivity index (χ3n) is 3.39. The van der Waals surface area contributed by atoms with Crippen LogP contribution < -0.4 is 5.73 Å². The minimum absolute atomic E-state index is 0.0932. The zero-order chi connectivity index (χ0) is 14.1. The molecule has 3 rings (SSSR count). The third kappa shape index (κ3) is 2.28. The average Bonchev–Trinajstić information content (AvgIpc) is 2.82. The van der Waals surface area contributed by atoms with Crippen molar-refractivity contribution in [3.63, 3.8) is 0 Å². The predicted molar refractivity (Wildman–Crippen MR) is 77.3 cm³/mol. The summed E-state index contributed by atoms with van der Waals surface area (Å²) >= 11 is 0. The molecule has 1 unspecified atom stereocenters. The molecule has 0 radical (unpaired) electrons. The maximum Gasteiger partial charge on any atom is 0.255 e. The highest BCUT2D eigenvalue weighted by atomic mass is 15.3. The number of rotatable bonds is 3. The smallest absolute Gasteiger partial charge is 0.255 e. The lowest BCUT2D eigenvalue weighted by molar-refractivity contribution is 0.677. The second-order valence-corrected chi connectivity index (χ2v) is 5.01. The van der Waals surface area contributed by atoms with Crippen molar-refractivity contribution >= 4 is 5.78 Å². The van der Waals surface area contributed by atoms with Crippen LogP contribution in [0.3, 0.4) is 0 Å². The monoisotopic (exact) mass is 267 g/mol. The first-order valence-corrected chi connectivity index (χ1v) is 6.64. The fourth-order valence-corrected chi connectivity index (χ4v) is 2.44. The molecule has 0 fully saturated rings. The van der Waals surface area contributed by atoms with Gasteiger partial charge in [0.2, 0.25) is 0 Å². The molecule has 1 atom stereocenters. The first kappa shape index (κ1) is 12.7.